The van der Waals surface area contributed by atoms with Crippen LogP contribution in [0, 0.1) is 5.92 Å². The Balaban J connectivity index is 2.03. The van der Waals surface area contributed by atoms with E-state index in [0.717, 1.165) is 24.3 Å². The summed E-state index contributed by atoms with van der Waals surface area (Å²) in [5, 5.41) is 0.509. The van der Waals surface area contributed by atoms with Crippen LogP contribution in [0.15, 0.2) is 23.1 Å². The van der Waals surface area contributed by atoms with Gasteiger partial charge in [-0.15, -0.1) is 0 Å². The fourth-order valence-electron chi connectivity index (χ4n) is 2.73. The number of sulfone groups is 1. The Morgan fingerprint density at radius 3 is 2.77 bits per heavy atom. The van der Waals surface area contributed by atoms with Crippen LogP contribution in [0.4, 0.5) is 0 Å². The molecule has 1 aliphatic rings. The van der Waals surface area contributed by atoms with Crippen LogP contribution >= 0.6 is 23.2 Å². The van der Waals surface area contributed by atoms with Gasteiger partial charge in [0.1, 0.15) is 5.75 Å². The highest BCUT2D eigenvalue weighted by Crippen LogP contribution is 2.25. The summed E-state index contributed by atoms with van der Waals surface area (Å²) in [5.74, 6) is -0.507. The Kier molecular flexibility index (Phi) is 5.71. The van der Waals surface area contributed by atoms with Crippen molar-refractivity contribution in [2.45, 2.75) is 17.7 Å². The lowest BCUT2D eigenvalue weighted by Gasteiger charge is -2.28. The molecule has 0 aliphatic carbocycles. The van der Waals surface area contributed by atoms with Gasteiger partial charge in [0.25, 0.3) is 0 Å². The zero-order valence-corrected chi connectivity index (χ0v) is 14.3. The number of rotatable bonds is 5. The minimum absolute atomic E-state index is 0.0339. The topological polar surface area (TPSA) is 81.7 Å². The van der Waals surface area contributed by atoms with Crippen molar-refractivity contribution in [2.24, 2.45) is 11.7 Å². The van der Waals surface area contributed by atoms with E-state index in [1.54, 1.807) is 6.07 Å². The van der Waals surface area contributed by atoms with Gasteiger partial charge in [0, 0.05) is 5.02 Å². The lowest BCUT2D eigenvalue weighted by Crippen LogP contribution is -3.14. The maximum Gasteiger partial charge on any atom is 0.226 e. The molecule has 1 saturated heterocycles. The van der Waals surface area contributed by atoms with Crippen molar-refractivity contribution < 1.29 is 18.1 Å². The lowest BCUT2D eigenvalue weighted by atomic mass is 9.98. The second-order valence-electron chi connectivity index (χ2n) is 5.59. The molecule has 8 heteroatoms. The number of amides is 1. The van der Waals surface area contributed by atoms with Gasteiger partial charge >= 0.3 is 0 Å². The third-order valence-corrected chi connectivity index (χ3v) is 6.40. The number of nitrogens with two attached hydrogens (primary N) is 1. The largest absolute Gasteiger partial charge is 0.369 e. The molecule has 0 spiro atoms. The van der Waals surface area contributed by atoms with E-state index in [2.05, 4.69) is 0 Å². The quantitative estimate of drug-likeness (QED) is 0.799. The van der Waals surface area contributed by atoms with Crippen molar-refractivity contribution in [3.8, 4) is 0 Å². The molecule has 1 aromatic carbocycles. The molecule has 22 heavy (non-hydrogen) atoms. The summed E-state index contributed by atoms with van der Waals surface area (Å²) < 4.78 is 24.8. The van der Waals surface area contributed by atoms with Gasteiger partial charge in [-0.1, -0.05) is 23.2 Å². The number of quaternary nitrogens is 1. The van der Waals surface area contributed by atoms with Gasteiger partial charge in [-0.05, 0) is 31.0 Å². The summed E-state index contributed by atoms with van der Waals surface area (Å²) in [6.07, 6.45) is 1.66. The monoisotopic (exact) mass is 365 g/mol. The van der Waals surface area contributed by atoms with E-state index < -0.39 is 9.84 Å². The van der Waals surface area contributed by atoms with Gasteiger partial charge in [0.05, 0.1) is 35.5 Å². The van der Waals surface area contributed by atoms with Gasteiger partial charge in [0.15, 0.2) is 9.84 Å². The molecule has 1 amide bonds. The average Bonchev–Trinajstić information content (AvgIpc) is 2.48. The summed E-state index contributed by atoms with van der Waals surface area (Å²) >= 11 is 11.8. The van der Waals surface area contributed by atoms with Crippen LogP contribution in [0.2, 0.25) is 10.0 Å². The number of hydrogen-bond donors (Lipinski definition) is 2. The Morgan fingerprint density at radius 2 is 2.09 bits per heavy atom. The zero-order valence-electron chi connectivity index (χ0n) is 12.0. The van der Waals surface area contributed by atoms with Crippen molar-refractivity contribution in [1.29, 1.82) is 0 Å². The van der Waals surface area contributed by atoms with E-state index in [9.17, 15) is 13.2 Å². The second-order valence-corrected chi connectivity index (χ2v) is 8.51. The van der Waals surface area contributed by atoms with Crippen LogP contribution in [0.5, 0.6) is 0 Å². The highest BCUT2D eigenvalue weighted by atomic mass is 35.5. The normalized spacial score (nSPS) is 22.5. The van der Waals surface area contributed by atoms with E-state index in [-0.39, 0.29) is 27.5 Å². The van der Waals surface area contributed by atoms with Crippen molar-refractivity contribution in [2.75, 3.05) is 25.4 Å². The number of benzene rings is 1. The predicted octanol–water partition coefficient (Wildman–Crippen LogP) is 0.547. The molecule has 1 aliphatic heterocycles. The number of halogens is 2. The zero-order chi connectivity index (χ0) is 16.3. The van der Waals surface area contributed by atoms with Crippen LogP contribution in [0.3, 0.4) is 0 Å². The summed E-state index contributed by atoms with van der Waals surface area (Å²) in [5.41, 5.74) is 5.34. The summed E-state index contributed by atoms with van der Waals surface area (Å²) in [6.45, 7) is 1.87. The molecule has 2 atom stereocenters. The molecule has 2 rings (SSSR count). The highest BCUT2D eigenvalue weighted by molar-refractivity contribution is 7.91. The Hall–Kier alpha value is -0.820. The van der Waals surface area contributed by atoms with Gasteiger partial charge < -0.3 is 10.6 Å². The molecule has 1 heterocycles. The minimum atomic E-state index is -3.50. The highest BCUT2D eigenvalue weighted by Gasteiger charge is 2.28. The van der Waals surface area contributed by atoms with Gasteiger partial charge in [-0.25, -0.2) is 8.42 Å². The molecule has 5 nitrogen and oxygen atoms in total. The molecular formula is C14H19Cl2N2O3S+. The van der Waals surface area contributed by atoms with Gasteiger partial charge in [0.2, 0.25) is 5.91 Å². The van der Waals surface area contributed by atoms with Crippen molar-refractivity contribution in [1.82, 2.24) is 0 Å². The molecule has 122 valence electrons. The number of primary amides is 1. The van der Waals surface area contributed by atoms with E-state index in [4.69, 9.17) is 28.9 Å². The maximum atomic E-state index is 12.4. The summed E-state index contributed by atoms with van der Waals surface area (Å²) in [7, 11) is -3.50. The number of piperidine rings is 1. The third kappa shape index (κ3) is 4.35. The molecular weight excluding hydrogens is 347 g/mol. The first-order chi connectivity index (χ1) is 10.3. The molecule has 0 bridgehead atoms. The van der Waals surface area contributed by atoms with E-state index >= 15 is 0 Å². The maximum absolute atomic E-state index is 12.4. The number of carbonyl (C=O) groups is 1. The first-order valence-electron chi connectivity index (χ1n) is 7.10. The first kappa shape index (κ1) is 17.5. The van der Waals surface area contributed by atoms with Gasteiger partial charge in [-0.2, -0.15) is 0 Å². The van der Waals surface area contributed by atoms with Crippen LogP contribution in [0.25, 0.3) is 0 Å². The summed E-state index contributed by atoms with van der Waals surface area (Å²) in [6, 6.07) is 4.40. The van der Waals surface area contributed by atoms with Crippen LogP contribution in [-0.2, 0) is 14.6 Å². The minimum Gasteiger partial charge on any atom is -0.369 e. The molecule has 0 saturated carbocycles. The van der Waals surface area contributed by atoms with E-state index in [1.165, 1.54) is 12.1 Å². The number of nitrogens with one attached hydrogen (secondary N) is 1. The number of carbonyl (C=O) groups excluding carboxylic acids is 1. The van der Waals surface area contributed by atoms with Crippen LogP contribution in [0.1, 0.15) is 12.8 Å². The Bertz CT molecular complexity index is 664. The molecule has 0 radical (unpaired) electrons. The van der Waals surface area contributed by atoms with Crippen molar-refractivity contribution >= 4 is 38.9 Å². The van der Waals surface area contributed by atoms with Crippen LogP contribution in [-0.4, -0.2) is 39.7 Å². The molecule has 3 N–H and O–H groups in total. The number of hydrogen-bond acceptors (Lipinski definition) is 3. The summed E-state index contributed by atoms with van der Waals surface area (Å²) in [4.78, 5) is 12.4. The molecule has 0 aromatic heterocycles. The fraction of sp³-hybridized carbons (Fsp3) is 0.500. The Morgan fingerprint density at radius 1 is 1.36 bits per heavy atom. The first-order valence-corrected chi connectivity index (χ1v) is 9.51. The van der Waals surface area contributed by atoms with Crippen LogP contribution < -0.4 is 10.6 Å². The Labute approximate surface area is 140 Å². The van der Waals surface area contributed by atoms with Gasteiger partial charge in [-0.3, -0.25) is 4.79 Å². The lowest BCUT2D eigenvalue weighted by molar-refractivity contribution is -0.905. The smallest absolute Gasteiger partial charge is 0.226 e. The SMILES string of the molecule is NC(=O)[C@H]1CCC[NH+](CCS(=O)(=O)c2cc(Cl)ccc2Cl)C1. The van der Waals surface area contributed by atoms with E-state index in [1.807, 2.05) is 0 Å². The third-order valence-electron chi connectivity index (χ3n) is 3.97. The predicted molar refractivity (Wildman–Crippen MR) is 86.0 cm³/mol. The average molecular weight is 366 g/mol. The van der Waals surface area contributed by atoms with Crippen molar-refractivity contribution in [3.63, 3.8) is 0 Å². The molecule has 1 fully saturated rings. The molecule has 1 aromatic rings. The van der Waals surface area contributed by atoms with Crippen molar-refractivity contribution in [3.05, 3.63) is 28.2 Å². The number of likely N-dealkylation sites (tertiary alicyclic amines) is 1. The second kappa shape index (κ2) is 7.17. The molecule has 1 unspecified atom stereocenters. The van der Waals surface area contributed by atoms with E-state index in [0.29, 0.717) is 18.1 Å². The standard InChI is InChI=1S/C14H18Cl2N2O3S/c15-11-3-4-12(16)13(8-11)22(20,21)7-6-18-5-1-2-10(9-18)14(17)19/h3-4,8,10H,1-2,5-7,9H2,(H2,17,19)/p+1/t10-/m0/s1. The fourth-order valence-corrected chi connectivity index (χ4v) is 4.88.